The lowest BCUT2D eigenvalue weighted by Crippen LogP contribution is -2.46. The smallest absolute Gasteiger partial charge is 0.314 e. The average Bonchev–Trinajstić information content (AvgIpc) is 3.96. The van der Waals surface area contributed by atoms with Crippen LogP contribution in [0.4, 0.5) is 0 Å². The molecule has 2 aromatic carbocycles. The third-order valence-electron chi connectivity index (χ3n) is 9.87. The van der Waals surface area contributed by atoms with Gasteiger partial charge in [-0.05, 0) is 93.3 Å². The highest BCUT2D eigenvalue weighted by Crippen LogP contribution is 2.43. The standard InChI is InChI=1S/C39H54N4O8/c1-3-49-38(47)39(23-29-9-10-29)24-31-13-16-33(48-2)34(22-31)51-26-36(45)40-17-21-42(18-7-8-35(44)41-28-39)25-30-11-14-32(15-12-30)50-27-37(46)43-19-5-4-6-20-43/h11-16,22,29H,3-10,17-21,23-28H2,1-2H3,(H,40,45)(H,41,44). The number of amides is 3. The maximum Gasteiger partial charge on any atom is 0.314 e. The molecule has 1 saturated carbocycles. The number of nitrogens with zero attached hydrogens (tertiary/aromatic N) is 2. The summed E-state index contributed by atoms with van der Waals surface area (Å²) in [5, 5.41) is 6.03. The maximum absolute atomic E-state index is 13.6. The minimum absolute atomic E-state index is 0.0146. The number of methoxy groups -OCH3 is 1. The van der Waals surface area contributed by atoms with E-state index in [4.69, 9.17) is 18.9 Å². The Bertz CT molecular complexity index is 1470. The predicted molar refractivity (Wildman–Crippen MR) is 191 cm³/mol. The first-order valence-electron chi connectivity index (χ1n) is 18.5. The lowest BCUT2D eigenvalue weighted by atomic mass is 9.76. The Hall–Kier alpha value is -4.32. The maximum atomic E-state index is 13.6. The second-order valence-corrected chi connectivity index (χ2v) is 14.0. The van der Waals surface area contributed by atoms with Crippen molar-refractivity contribution in [1.82, 2.24) is 20.4 Å². The van der Waals surface area contributed by atoms with Crippen molar-refractivity contribution < 1.29 is 38.1 Å². The number of fused-ring (bicyclic) bond motifs is 2. The Morgan fingerprint density at radius 1 is 0.941 bits per heavy atom. The number of carbonyl (C=O) groups is 4. The van der Waals surface area contributed by atoms with Crippen LogP contribution in [0.5, 0.6) is 17.2 Å². The van der Waals surface area contributed by atoms with E-state index in [-0.39, 0.29) is 50.1 Å². The Labute approximate surface area is 301 Å². The van der Waals surface area contributed by atoms with Crippen LogP contribution in [0.25, 0.3) is 0 Å². The highest BCUT2D eigenvalue weighted by molar-refractivity contribution is 5.81. The number of likely N-dealkylation sites (tertiary alicyclic amines) is 1. The molecule has 1 saturated heterocycles. The second kappa shape index (κ2) is 18.8. The molecule has 5 rings (SSSR count). The Morgan fingerprint density at radius 2 is 1.73 bits per heavy atom. The Morgan fingerprint density at radius 3 is 2.45 bits per heavy atom. The number of rotatable bonds is 10. The molecule has 2 N–H and O–H groups in total. The molecule has 0 aromatic heterocycles. The summed E-state index contributed by atoms with van der Waals surface area (Å²) in [5.74, 6) is 1.24. The molecule has 0 spiro atoms. The van der Waals surface area contributed by atoms with Crippen LogP contribution in [0.2, 0.25) is 0 Å². The Balaban J connectivity index is 1.26. The fourth-order valence-electron chi connectivity index (χ4n) is 6.89. The van der Waals surface area contributed by atoms with E-state index >= 15 is 0 Å². The van der Waals surface area contributed by atoms with Crippen molar-refractivity contribution in [3.8, 4) is 17.2 Å². The topological polar surface area (TPSA) is 136 Å². The summed E-state index contributed by atoms with van der Waals surface area (Å²) in [7, 11) is 1.54. The number of esters is 1. The van der Waals surface area contributed by atoms with Gasteiger partial charge in [-0.25, -0.2) is 0 Å². The van der Waals surface area contributed by atoms with E-state index in [9.17, 15) is 19.2 Å². The molecular weight excluding hydrogens is 652 g/mol. The van der Waals surface area contributed by atoms with E-state index in [0.717, 1.165) is 49.9 Å². The molecule has 3 aliphatic rings. The summed E-state index contributed by atoms with van der Waals surface area (Å²) in [6.07, 6.45) is 7.20. The quantitative estimate of drug-likeness (QED) is 0.353. The molecule has 2 fully saturated rings. The summed E-state index contributed by atoms with van der Waals surface area (Å²) < 4.78 is 22.9. The largest absolute Gasteiger partial charge is 0.493 e. The fraction of sp³-hybridized carbons (Fsp3) is 0.590. The van der Waals surface area contributed by atoms with Crippen LogP contribution in [-0.2, 0) is 36.9 Å². The third-order valence-corrected chi connectivity index (χ3v) is 9.87. The number of benzene rings is 2. The first kappa shape index (κ1) is 37.9. The van der Waals surface area contributed by atoms with Crippen molar-refractivity contribution in [3.05, 3.63) is 53.6 Å². The van der Waals surface area contributed by atoms with Crippen LogP contribution >= 0.6 is 0 Å². The monoisotopic (exact) mass is 706 g/mol. The first-order valence-corrected chi connectivity index (χ1v) is 18.5. The number of hydrogen-bond acceptors (Lipinski definition) is 9. The second-order valence-electron chi connectivity index (χ2n) is 14.0. The highest BCUT2D eigenvalue weighted by Gasteiger charge is 2.45. The van der Waals surface area contributed by atoms with Gasteiger partial charge in [0.05, 0.1) is 19.1 Å². The first-order chi connectivity index (χ1) is 24.8. The minimum Gasteiger partial charge on any atom is -0.493 e. The van der Waals surface area contributed by atoms with Crippen molar-refractivity contribution in [2.75, 3.05) is 66.2 Å². The summed E-state index contributed by atoms with van der Waals surface area (Å²) >= 11 is 0. The van der Waals surface area contributed by atoms with E-state index in [0.29, 0.717) is 75.0 Å². The van der Waals surface area contributed by atoms with Gasteiger partial charge in [-0.1, -0.05) is 31.0 Å². The van der Waals surface area contributed by atoms with E-state index in [1.807, 2.05) is 41.3 Å². The summed E-state index contributed by atoms with van der Waals surface area (Å²) in [6, 6.07) is 13.2. The van der Waals surface area contributed by atoms with Crippen LogP contribution in [0.1, 0.15) is 69.4 Å². The molecule has 1 atom stereocenters. The van der Waals surface area contributed by atoms with Crippen molar-refractivity contribution in [2.24, 2.45) is 11.3 Å². The normalized spacial score (nSPS) is 21.3. The number of carbonyl (C=O) groups excluding carboxylic acids is 4. The molecule has 2 bridgehead atoms. The Kier molecular flexibility index (Phi) is 14.0. The van der Waals surface area contributed by atoms with Crippen molar-refractivity contribution >= 4 is 23.7 Å². The van der Waals surface area contributed by atoms with Gasteiger partial charge >= 0.3 is 5.97 Å². The lowest BCUT2D eigenvalue weighted by molar-refractivity contribution is -0.156. The molecule has 0 radical (unpaired) electrons. The van der Waals surface area contributed by atoms with Crippen LogP contribution in [0.3, 0.4) is 0 Å². The van der Waals surface area contributed by atoms with Gasteiger partial charge in [-0.2, -0.15) is 0 Å². The summed E-state index contributed by atoms with van der Waals surface area (Å²) in [4.78, 5) is 56.3. The van der Waals surface area contributed by atoms with E-state index < -0.39 is 5.41 Å². The zero-order chi connectivity index (χ0) is 36.1. The molecule has 2 aromatic rings. The van der Waals surface area contributed by atoms with Crippen molar-refractivity contribution in [1.29, 1.82) is 0 Å². The highest BCUT2D eigenvalue weighted by atomic mass is 16.5. The molecule has 2 heterocycles. The molecular formula is C39H54N4O8. The summed E-state index contributed by atoms with van der Waals surface area (Å²) in [5.41, 5.74) is 0.929. The van der Waals surface area contributed by atoms with Gasteiger partial charge in [0.1, 0.15) is 5.75 Å². The zero-order valence-electron chi connectivity index (χ0n) is 30.2. The molecule has 51 heavy (non-hydrogen) atoms. The minimum atomic E-state index is -0.940. The third kappa shape index (κ3) is 11.6. The molecule has 12 nitrogen and oxygen atoms in total. The molecule has 3 amide bonds. The number of nitrogens with one attached hydrogen (secondary N) is 2. The van der Waals surface area contributed by atoms with E-state index in [2.05, 4.69) is 15.5 Å². The SMILES string of the molecule is CCOC(=O)C1(CC2CC2)CNC(=O)CCCN(Cc2ccc(OCC(=O)N3CCCCC3)cc2)CCNC(=O)COc2cc(ccc2OC)C1. The van der Waals surface area contributed by atoms with Gasteiger partial charge in [0, 0.05) is 45.7 Å². The van der Waals surface area contributed by atoms with Crippen LogP contribution in [-0.4, -0.2) is 99.7 Å². The van der Waals surface area contributed by atoms with Crippen molar-refractivity contribution in [3.63, 3.8) is 0 Å². The summed E-state index contributed by atoms with van der Waals surface area (Å²) in [6.45, 7) is 5.81. The molecule has 2 aliphatic heterocycles. The number of piperidine rings is 1. The van der Waals surface area contributed by atoms with Crippen LogP contribution in [0.15, 0.2) is 42.5 Å². The average molecular weight is 707 g/mol. The van der Waals surface area contributed by atoms with E-state index in [1.54, 1.807) is 20.1 Å². The number of ether oxygens (including phenoxy) is 4. The fourth-order valence-corrected chi connectivity index (χ4v) is 6.89. The molecule has 1 aliphatic carbocycles. The van der Waals surface area contributed by atoms with Crippen LogP contribution < -0.4 is 24.8 Å². The van der Waals surface area contributed by atoms with Gasteiger partial charge in [-0.3, -0.25) is 24.1 Å². The zero-order valence-corrected chi connectivity index (χ0v) is 30.2. The van der Waals surface area contributed by atoms with Gasteiger partial charge in [0.15, 0.2) is 24.7 Å². The van der Waals surface area contributed by atoms with Crippen molar-refractivity contribution in [2.45, 2.75) is 71.3 Å². The number of hydrogen-bond donors (Lipinski definition) is 2. The molecule has 1 unspecified atom stereocenters. The van der Waals surface area contributed by atoms with Crippen LogP contribution in [0, 0.1) is 11.3 Å². The van der Waals surface area contributed by atoms with Gasteiger partial charge in [-0.15, -0.1) is 0 Å². The predicted octanol–water partition coefficient (Wildman–Crippen LogP) is 3.89. The van der Waals surface area contributed by atoms with E-state index in [1.165, 1.54) is 6.42 Å². The van der Waals surface area contributed by atoms with Gasteiger partial charge in [0.2, 0.25) is 5.91 Å². The lowest BCUT2D eigenvalue weighted by Gasteiger charge is -2.32. The molecule has 278 valence electrons. The van der Waals surface area contributed by atoms with Gasteiger partial charge < -0.3 is 34.5 Å². The molecule has 12 heteroatoms. The van der Waals surface area contributed by atoms with Gasteiger partial charge in [0.25, 0.3) is 11.8 Å².